The highest BCUT2D eigenvalue weighted by atomic mass is 32.1. The molecule has 1 fully saturated rings. The Labute approximate surface area is 130 Å². The van der Waals surface area contributed by atoms with Crippen LogP contribution in [0.4, 0.5) is 5.00 Å². The molecule has 1 amide bonds. The molecule has 0 saturated carbocycles. The Kier molecular flexibility index (Phi) is 6.38. The lowest BCUT2D eigenvalue weighted by atomic mass is 9.96. The van der Waals surface area contributed by atoms with E-state index >= 15 is 0 Å². The normalized spacial score (nSPS) is 16.9. The van der Waals surface area contributed by atoms with E-state index in [9.17, 15) is 4.79 Å². The van der Waals surface area contributed by atoms with Crippen LogP contribution in [0.1, 0.15) is 38.8 Å². The lowest BCUT2D eigenvalue weighted by Crippen LogP contribution is -2.38. The summed E-state index contributed by atoms with van der Waals surface area (Å²) in [5.74, 6) is 0.675. The maximum atomic E-state index is 10.9. The summed E-state index contributed by atoms with van der Waals surface area (Å²) in [6.07, 6.45) is 3.37. The van der Waals surface area contributed by atoms with Gasteiger partial charge in [0.2, 0.25) is 5.91 Å². The average Bonchev–Trinajstić information content (AvgIpc) is 2.91. The zero-order chi connectivity index (χ0) is 15.1. The molecule has 118 valence electrons. The third-order valence-electron chi connectivity index (χ3n) is 3.81. The number of nitrogens with zero attached hydrogens (tertiary/aromatic N) is 3. The highest BCUT2D eigenvalue weighted by Gasteiger charge is 2.21. The van der Waals surface area contributed by atoms with Gasteiger partial charge in [-0.05, 0) is 38.3 Å². The maximum Gasteiger partial charge on any atom is 0.216 e. The summed E-state index contributed by atoms with van der Waals surface area (Å²) in [5, 5.41) is 11.7. The van der Waals surface area contributed by atoms with Gasteiger partial charge in [-0.1, -0.05) is 11.4 Å². The van der Waals surface area contributed by atoms with Crippen molar-refractivity contribution in [1.82, 2.24) is 19.8 Å². The summed E-state index contributed by atoms with van der Waals surface area (Å²) >= 11 is 1.44. The third kappa shape index (κ3) is 5.24. The highest BCUT2D eigenvalue weighted by molar-refractivity contribution is 7.10. The summed E-state index contributed by atoms with van der Waals surface area (Å²) < 4.78 is 4.06. The van der Waals surface area contributed by atoms with E-state index in [1.165, 1.54) is 11.5 Å². The molecule has 0 unspecified atom stereocenters. The molecule has 1 aliphatic heterocycles. The second kappa shape index (κ2) is 8.29. The first-order valence-corrected chi connectivity index (χ1v) is 8.48. The van der Waals surface area contributed by atoms with Crippen molar-refractivity contribution >= 4 is 22.4 Å². The van der Waals surface area contributed by atoms with Crippen LogP contribution in [0.25, 0.3) is 0 Å². The fourth-order valence-corrected chi connectivity index (χ4v) is 3.13. The van der Waals surface area contributed by atoms with E-state index in [1.54, 1.807) is 6.92 Å². The van der Waals surface area contributed by atoms with Gasteiger partial charge in [0, 0.05) is 38.1 Å². The Bertz CT molecular complexity index is 442. The number of carbonyl (C=O) groups is 1. The molecule has 0 aromatic carbocycles. The van der Waals surface area contributed by atoms with Crippen molar-refractivity contribution in [2.45, 2.75) is 39.7 Å². The Balaban J connectivity index is 1.75. The predicted molar refractivity (Wildman–Crippen MR) is 85.4 cm³/mol. The third-order valence-corrected chi connectivity index (χ3v) is 4.54. The molecule has 6 nitrogen and oxygen atoms in total. The van der Waals surface area contributed by atoms with Gasteiger partial charge in [0.15, 0.2) is 0 Å². The molecule has 0 aliphatic carbocycles. The summed E-state index contributed by atoms with van der Waals surface area (Å²) in [7, 11) is 0. The van der Waals surface area contributed by atoms with Crippen LogP contribution >= 0.6 is 11.5 Å². The number of rotatable bonds is 7. The first-order chi connectivity index (χ1) is 10.2. The second-order valence-corrected chi connectivity index (χ2v) is 6.39. The number of hydrogen-bond acceptors (Lipinski definition) is 6. The molecule has 0 atom stereocenters. The quantitative estimate of drug-likeness (QED) is 0.802. The van der Waals surface area contributed by atoms with Crippen LogP contribution in [0.15, 0.2) is 0 Å². The molecule has 2 rings (SSSR count). The van der Waals surface area contributed by atoms with Crippen LogP contribution in [-0.2, 0) is 11.3 Å². The summed E-state index contributed by atoms with van der Waals surface area (Å²) in [6, 6.07) is 0. The van der Waals surface area contributed by atoms with Gasteiger partial charge < -0.3 is 10.6 Å². The van der Waals surface area contributed by atoms with Crippen LogP contribution in [-0.4, -0.2) is 46.6 Å². The minimum atomic E-state index is 0.0672. The van der Waals surface area contributed by atoms with E-state index in [0.29, 0.717) is 5.92 Å². The molecule has 0 bridgehead atoms. The molecule has 1 aromatic heterocycles. The van der Waals surface area contributed by atoms with Crippen molar-refractivity contribution in [2.75, 3.05) is 31.5 Å². The number of hydrogen-bond donors (Lipinski definition) is 2. The molecule has 1 aliphatic rings. The standard InChI is InChI=1S/C14H25N5OS/c1-3-6-15-14-13(17-18-21-14)10-19-7-4-12(5-8-19)9-16-11(2)20/h12,15H,3-10H2,1-2H3,(H,16,20). The second-order valence-electron chi connectivity index (χ2n) is 5.63. The van der Waals surface area contributed by atoms with Gasteiger partial charge in [-0.2, -0.15) is 0 Å². The van der Waals surface area contributed by atoms with E-state index in [-0.39, 0.29) is 5.91 Å². The van der Waals surface area contributed by atoms with Crippen LogP contribution in [0.5, 0.6) is 0 Å². The van der Waals surface area contributed by atoms with Gasteiger partial charge in [-0.25, -0.2) is 0 Å². The zero-order valence-corrected chi connectivity index (χ0v) is 13.7. The van der Waals surface area contributed by atoms with Crippen molar-refractivity contribution in [2.24, 2.45) is 5.92 Å². The van der Waals surface area contributed by atoms with Gasteiger partial charge in [-0.15, -0.1) is 5.10 Å². The Morgan fingerprint density at radius 3 is 2.86 bits per heavy atom. The van der Waals surface area contributed by atoms with E-state index in [4.69, 9.17) is 0 Å². The zero-order valence-electron chi connectivity index (χ0n) is 12.9. The first kappa shape index (κ1) is 16.2. The lowest BCUT2D eigenvalue weighted by molar-refractivity contribution is -0.119. The topological polar surface area (TPSA) is 70.2 Å². The van der Waals surface area contributed by atoms with E-state index in [1.807, 2.05) is 0 Å². The lowest BCUT2D eigenvalue weighted by Gasteiger charge is -2.31. The molecule has 21 heavy (non-hydrogen) atoms. The van der Waals surface area contributed by atoms with Crippen LogP contribution in [0.3, 0.4) is 0 Å². The summed E-state index contributed by atoms with van der Waals surface area (Å²) in [4.78, 5) is 13.4. The molecular weight excluding hydrogens is 286 g/mol. The SMILES string of the molecule is CCCNc1snnc1CN1CCC(CNC(C)=O)CC1. The van der Waals surface area contributed by atoms with Crippen LogP contribution in [0, 0.1) is 5.92 Å². The largest absolute Gasteiger partial charge is 0.374 e. The van der Waals surface area contributed by atoms with Gasteiger partial charge >= 0.3 is 0 Å². The number of amides is 1. The van der Waals surface area contributed by atoms with Crippen molar-refractivity contribution < 1.29 is 4.79 Å². The number of anilines is 1. The Morgan fingerprint density at radius 2 is 2.19 bits per heavy atom. The fourth-order valence-electron chi connectivity index (χ4n) is 2.53. The van der Waals surface area contributed by atoms with Crippen LogP contribution in [0.2, 0.25) is 0 Å². The van der Waals surface area contributed by atoms with Gasteiger partial charge in [0.25, 0.3) is 0 Å². The van der Waals surface area contributed by atoms with Crippen molar-refractivity contribution in [1.29, 1.82) is 0 Å². The fraction of sp³-hybridized carbons (Fsp3) is 0.786. The van der Waals surface area contributed by atoms with Gasteiger partial charge in [0.05, 0.1) is 0 Å². The van der Waals surface area contributed by atoms with Gasteiger partial charge in [-0.3, -0.25) is 9.69 Å². The van der Waals surface area contributed by atoms with Crippen LogP contribution < -0.4 is 10.6 Å². The minimum absolute atomic E-state index is 0.0672. The minimum Gasteiger partial charge on any atom is -0.374 e. The van der Waals surface area contributed by atoms with Gasteiger partial charge in [0.1, 0.15) is 10.7 Å². The summed E-state index contributed by atoms with van der Waals surface area (Å²) in [6.45, 7) is 8.51. The molecule has 1 aromatic rings. The average molecular weight is 311 g/mol. The first-order valence-electron chi connectivity index (χ1n) is 7.71. The van der Waals surface area contributed by atoms with Crippen molar-refractivity contribution in [3.63, 3.8) is 0 Å². The smallest absolute Gasteiger partial charge is 0.216 e. The van der Waals surface area contributed by atoms with Crippen molar-refractivity contribution in [3.8, 4) is 0 Å². The van der Waals surface area contributed by atoms with E-state index < -0.39 is 0 Å². The molecule has 2 heterocycles. The summed E-state index contributed by atoms with van der Waals surface area (Å²) in [5.41, 5.74) is 1.06. The molecule has 2 N–H and O–H groups in total. The molecule has 0 spiro atoms. The molecular formula is C14H25N5OS. The highest BCUT2D eigenvalue weighted by Crippen LogP contribution is 2.23. The Hall–Kier alpha value is -1.21. The van der Waals surface area contributed by atoms with E-state index in [0.717, 1.165) is 62.7 Å². The molecule has 7 heteroatoms. The maximum absolute atomic E-state index is 10.9. The number of aromatic nitrogens is 2. The van der Waals surface area contributed by atoms with E-state index in [2.05, 4.69) is 32.0 Å². The number of nitrogens with one attached hydrogen (secondary N) is 2. The number of piperidine rings is 1. The predicted octanol–water partition coefficient (Wildman–Crippen LogP) is 1.71. The van der Waals surface area contributed by atoms with Crippen molar-refractivity contribution in [3.05, 3.63) is 5.69 Å². The molecule has 0 radical (unpaired) electrons. The Morgan fingerprint density at radius 1 is 1.43 bits per heavy atom. The number of carbonyl (C=O) groups excluding carboxylic acids is 1. The molecule has 1 saturated heterocycles. The monoisotopic (exact) mass is 311 g/mol. The number of likely N-dealkylation sites (tertiary alicyclic amines) is 1.